The van der Waals surface area contributed by atoms with Gasteiger partial charge in [0.05, 0.1) is 17.6 Å². The number of sulfonamides is 1. The van der Waals surface area contributed by atoms with Gasteiger partial charge in [-0.3, -0.25) is 4.79 Å². The van der Waals surface area contributed by atoms with Gasteiger partial charge in [-0.2, -0.15) is 4.31 Å². The van der Waals surface area contributed by atoms with E-state index in [4.69, 9.17) is 4.74 Å². The van der Waals surface area contributed by atoms with Crippen molar-refractivity contribution in [1.82, 2.24) is 9.21 Å². The third kappa shape index (κ3) is 3.67. The van der Waals surface area contributed by atoms with E-state index in [1.807, 2.05) is 0 Å². The Hall–Kier alpha value is -1.60. The van der Waals surface area contributed by atoms with E-state index >= 15 is 0 Å². The lowest BCUT2D eigenvalue weighted by molar-refractivity contribution is 0.0693. The van der Waals surface area contributed by atoms with E-state index in [1.165, 1.54) is 23.5 Å². The fourth-order valence-corrected chi connectivity index (χ4v) is 5.02. The zero-order valence-corrected chi connectivity index (χ0v) is 15.7. The maximum absolute atomic E-state index is 12.9. The molecule has 0 spiro atoms. The summed E-state index contributed by atoms with van der Waals surface area (Å²) in [5.74, 6) is 0.888. The van der Waals surface area contributed by atoms with Gasteiger partial charge in [-0.05, 0) is 49.8 Å². The molecule has 0 saturated carbocycles. The molecule has 0 unspecified atom stereocenters. The van der Waals surface area contributed by atoms with Gasteiger partial charge in [0.15, 0.2) is 0 Å². The van der Waals surface area contributed by atoms with Crippen molar-refractivity contribution in [1.29, 1.82) is 0 Å². The zero-order chi connectivity index (χ0) is 18.0. The summed E-state index contributed by atoms with van der Waals surface area (Å²) in [6, 6.07) is 4.59. The quantitative estimate of drug-likeness (QED) is 0.820. The first-order valence-corrected chi connectivity index (χ1v) is 10.3. The molecule has 0 N–H and O–H groups in total. The fourth-order valence-electron chi connectivity index (χ4n) is 3.47. The molecule has 0 aliphatic carbocycles. The zero-order valence-electron chi connectivity index (χ0n) is 14.9. The Morgan fingerprint density at radius 3 is 2.36 bits per heavy atom. The molecule has 3 rings (SSSR count). The Morgan fingerprint density at radius 2 is 1.76 bits per heavy atom. The average molecular weight is 366 g/mol. The Labute approximate surface area is 149 Å². The lowest BCUT2D eigenvalue weighted by atomic mass is 9.98. The number of amides is 1. The first-order valence-electron chi connectivity index (χ1n) is 8.91. The van der Waals surface area contributed by atoms with E-state index in [1.54, 1.807) is 11.0 Å². The Bertz CT molecular complexity index is 733. The highest BCUT2D eigenvalue weighted by molar-refractivity contribution is 7.89. The molecule has 2 aliphatic heterocycles. The van der Waals surface area contributed by atoms with E-state index in [9.17, 15) is 13.2 Å². The SMILES string of the molecule is COc1ccc(S(=O)(=O)N2CCCC2)cc1C(=O)N1CCC(C)CC1. The third-order valence-electron chi connectivity index (χ3n) is 5.18. The molecular weight excluding hydrogens is 340 g/mol. The summed E-state index contributed by atoms with van der Waals surface area (Å²) in [6.45, 7) is 4.67. The highest BCUT2D eigenvalue weighted by atomic mass is 32.2. The summed E-state index contributed by atoms with van der Waals surface area (Å²) >= 11 is 0. The number of hydrogen-bond acceptors (Lipinski definition) is 4. The number of carbonyl (C=O) groups is 1. The van der Waals surface area contributed by atoms with Crippen molar-refractivity contribution in [2.45, 2.75) is 37.5 Å². The molecule has 7 heteroatoms. The normalized spacial score (nSPS) is 20.0. The van der Waals surface area contributed by atoms with Crippen LogP contribution in [0.4, 0.5) is 0 Å². The third-order valence-corrected chi connectivity index (χ3v) is 7.07. The lowest BCUT2D eigenvalue weighted by Gasteiger charge is -2.30. The molecule has 0 bridgehead atoms. The highest BCUT2D eigenvalue weighted by Gasteiger charge is 2.30. The molecule has 1 aromatic carbocycles. The van der Waals surface area contributed by atoms with Crippen LogP contribution in [0.15, 0.2) is 23.1 Å². The summed E-state index contributed by atoms with van der Waals surface area (Å²) in [5.41, 5.74) is 0.331. The first-order chi connectivity index (χ1) is 11.9. The number of piperidine rings is 1. The molecule has 2 fully saturated rings. The van der Waals surface area contributed by atoms with Crippen molar-refractivity contribution >= 4 is 15.9 Å². The van der Waals surface area contributed by atoms with Gasteiger partial charge in [-0.1, -0.05) is 6.92 Å². The molecule has 1 aromatic rings. The van der Waals surface area contributed by atoms with Crippen molar-refractivity contribution < 1.29 is 17.9 Å². The summed E-state index contributed by atoms with van der Waals surface area (Å²) in [5, 5.41) is 0. The van der Waals surface area contributed by atoms with Crippen LogP contribution in [0.25, 0.3) is 0 Å². The smallest absolute Gasteiger partial charge is 0.257 e. The Kier molecular flexibility index (Phi) is 5.34. The van der Waals surface area contributed by atoms with Crippen LogP contribution < -0.4 is 4.74 Å². The predicted octanol–water partition coefficient (Wildman–Crippen LogP) is 2.35. The van der Waals surface area contributed by atoms with Gasteiger partial charge in [-0.25, -0.2) is 8.42 Å². The van der Waals surface area contributed by atoms with Crippen molar-refractivity contribution in [3.63, 3.8) is 0 Å². The maximum Gasteiger partial charge on any atom is 0.257 e. The largest absolute Gasteiger partial charge is 0.496 e. The highest BCUT2D eigenvalue weighted by Crippen LogP contribution is 2.28. The fraction of sp³-hybridized carbons (Fsp3) is 0.611. The minimum Gasteiger partial charge on any atom is -0.496 e. The van der Waals surface area contributed by atoms with Crippen LogP contribution in [0.5, 0.6) is 5.75 Å². The number of ether oxygens (including phenoxy) is 1. The Balaban J connectivity index is 1.91. The van der Waals surface area contributed by atoms with Crippen LogP contribution in [-0.2, 0) is 10.0 Å². The second-order valence-electron chi connectivity index (χ2n) is 6.95. The van der Waals surface area contributed by atoms with Crippen LogP contribution in [-0.4, -0.2) is 56.8 Å². The van der Waals surface area contributed by atoms with Gasteiger partial charge >= 0.3 is 0 Å². The number of nitrogens with zero attached hydrogens (tertiary/aromatic N) is 2. The van der Waals surface area contributed by atoms with Crippen molar-refractivity contribution in [3.8, 4) is 5.75 Å². The molecule has 138 valence electrons. The summed E-state index contributed by atoms with van der Waals surface area (Å²) in [4.78, 5) is 14.9. The molecule has 0 atom stereocenters. The summed E-state index contributed by atoms with van der Waals surface area (Å²) in [6.07, 6.45) is 3.71. The molecule has 2 heterocycles. The van der Waals surface area contributed by atoms with E-state index in [0.29, 0.717) is 43.4 Å². The number of hydrogen-bond donors (Lipinski definition) is 0. The first kappa shape index (κ1) is 18.2. The summed E-state index contributed by atoms with van der Waals surface area (Å²) < 4.78 is 32.4. The standard InChI is InChI=1S/C18H26N2O4S/c1-14-7-11-19(12-8-14)18(21)16-13-15(5-6-17(16)24-2)25(22,23)20-9-3-4-10-20/h5-6,13-14H,3-4,7-12H2,1-2H3. The van der Waals surface area contributed by atoms with Crippen molar-refractivity contribution in [2.24, 2.45) is 5.92 Å². The monoisotopic (exact) mass is 366 g/mol. The maximum atomic E-state index is 12.9. The topological polar surface area (TPSA) is 66.9 Å². The lowest BCUT2D eigenvalue weighted by Crippen LogP contribution is -2.38. The molecule has 2 aliphatic rings. The molecule has 6 nitrogen and oxygen atoms in total. The van der Waals surface area contributed by atoms with E-state index < -0.39 is 10.0 Å². The van der Waals surface area contributed by atoms with Crippen LogP contribution in [0.2, 0.25) is 0 Å². The Morgan fingerprint density at radius 1 is 1.12 bits per heavy atom. The average Bonchev–Trinajstić information content (AvgIpc) is 3.16. The number of carbonyl (C=O) groups excluding carboxylic acids is 1. The molecule has 1 amide bonds. The van der Waals surface area contributed by atoms with Gasteiger partial charge in [0.1, 0.15) is 5.75 Å². The number of rotatable bonds is 4. The number of likely N-dealkylation sites (tertiary alicyclic amines) is 1. The van der Waals surface area contributed by atoms with Crippen LogP contribution in [0.1, 0.15) is 43.0 Å². The van der Waals surface area contributed by atoms with Gasteiger partial charge in [0.2, 0.25) is 10.0 Å². The molecule has 0 aromatic heterocycles. The van der Waals surface area contributed by atoms with E-state index in [2.05, 4.69) is 6.92 Å². The van der Waals surface area contributed by atoms with Crippen LogP contribution >= 0.6 is 0 Å². The van der Waals surface area contributed by atoms with E-state index in [-0.39, 0.29) is 10.8 Å². The summed E-state index contributed by atoms with van der Waals surface area (Å²) in [7, 11) is -2.05. The second-order valence-corrected chi connectivity index (χ2v) is 8.89. The van der Waals surface area contributed by atoms with Crippen LogP contribution in [0, 0.1) is 5.92 Å². The minimum atomic E-state index is -3.55. The molecule has 25 heavy (non-hydrogen) atoms. The van der Waals surface area contributed by atoms with E-state index in [0.717, 1.165) is 25.7 Å². The second kappa shape index (κ2) is 7.33. The van der Waals surface area contributed by atoms with Crippen molar-refractivity contribution in [2.75, 3.05) is 33.3 Å². The predicted molar refractivity (Wildman–Crippen MR) is 95.3 cm³/mol. The molecule has 0 radical (unpaired) electrons. The number of methoxy groups -OCH3 is 1. The van der Waals surface area contributed by atoms with Gasteiger partial charge in [-0.15, -0.1) is 0 Å². The molecular formula is C18H26N2O4S. The minimum absolute atomic E-state index is 0.151. The number of benzene rings is 1. The van der Waals surface area contributed by atoms with Gasteiger partial charge < -0.3 is 9.64 Å². The van der Waals surface area contributed by atoms with Gasteiger partial charge in [0.25, 0.3) is 5.91 Å². The molecule has 2 saturated heterocycles. The van der Waals surface area contributed by atoms with Crippen molar-refractivity contribution in [3.05, 3.63) is 23.8 Å². The van der Waals surface area contributed by atoms with Crippen LogP contribution in [0.3, 0.4) is 0 Å². The van der Waals surface area contributed by atoms with Gasteiger partial charge in [0, 0.05) is 26.2 Å².